The Morgan fingerprint density at radius 3 is 3.09 bits per heavy atom. The number of hydrazone groups is 1. The second-order valence-electron chi connectivity index (χ2n) is 5.15. The number of H-pyrrole nitrogens is 1. The van der Waals surface area contributed by atoms with Gasteiger partial charge in [-0.15, -0.1) is 0 Å². The van der Waals surface area contributed by atoms with Gasteiger partial charge in [0.1, 0.15) is 5.52 Å². The van der Waals surface area contributed by atoms with Gasteiger partial charge in [-0.05, 0) is 18.2 Å². The molecule has 0 saturated carbocycles. The van der Waals surface area contributed by atoms with Gasteiger partial charge in [0.05, 0.1) is 23.8 Å². The molecule has 2 aromatic heterocycles. The summed E-state index contributed by atoms with van der Waals surface area (Å²) in [6.45, 7) is 1.57. The summed E-state index contributed by atoms with van der Waals surface area (Å²) in [4.78, 5) is 24.2. The summed E-state index contributed by atoms with van der Waals surface area (Å²) >= 11 is 0. The van der Waals surface area contributed by atoms with Gasteiger partial charge in [0.2, 0.25) is 11.4 Å². The lowest BCUT2D eigenvalue weighted by molar-refractivity contribution is 0.920. The number of aliphatic imine (C=N–C) groups is 1. The Morgan fingerprint density at radius 1 is 1.26 bits per heavy atom. The van der Waals surface area contributed by atoms with Gasteiger partial charge in [0, 0.05) is 23.7 Å². The lowest BCUT2D eigenvalue weighted by Crippen LogP contribution is -2.30. The van der Waals surface area contributed by atoms with Crippen molar-refractivity contribution < 1.29 is 0 Å². The van der Waals surface area contributed by atoms with Crippen molar-refractivity contribution in [3.8, 4) is 0 Å². The second-order valence-corrected chi connectivity index (χ2v) is 5.15. The number of aromatic amines is 1. The lowest BCUT2D eigenvalue weighted by atomic mass is 10.1. The Balaban J connectivity index is 1.80. The largest absolute Gasteiger partial charge is 0.353 e. The molecular formula is C16H14N6O. The number of pyridine rings is 2. The van der Waals surface area contributed by atoms with E-state index in [1.807, 2.05) is 18.2 Å². The first-order valence-electron chi connectivity index (χ1n) is 7.30. The zero-order valence-electron chi connectivity index (χ0n) is 12.2. The van der Waals surface area contributed by atoms with E-state index in [1.165, 1.54) is 0 Å². The maximum absolute atomic E-state index is 12.6. The highest BCUT2D eigenvalue weighted by Gasteiger charge is 2.08. The summed E-state index contributed by atoms with van der Waals surface area (Å²) in [6, 6.07) is 9.16. The number of guanidine groups is 1. The van der Waals surface area contributed by atoms with Crippen LogP contribution in [0.4, 0.5) is 0 Å². The number of hydrogen-bond donors (Lipinski definition) is 3. The zero-order valence-corrected chi connectivity index (χ0v) is 12.2. The molecule has 1 aliphatic rings. The number of fused-ring (bicyclic) bond motifs is 2. The molecule has 0 saturated heterocycles. The molecule has 3 aromatic rings. The van der Waals surface area contributed by atoms with E-state index in [-0.39, 0.29) is 5.43 Å². The molecule has 0 aliphatic carbocycles. The van der Waals surface area contributed by atoms with Crippen molar-refractivity contribution >= 4 is 34.1 Å². The van der Waals surface area contributed by atoms with Crippen molar-refractivity contribution in [2.24, 2.45) is 10.1 Å². The van der Waals surface area contributed by atoms with Gasteiger partial charge in [0.15, 0.2) is 0 Å². The van der Waals surface area contributed by atoms with Crippen LogP contribution < -0.4 is 16.2 Å². The van der Waals surface area contributed by atoms with Crippen LogP contribution in [0.15, 0.2) is 51.4 Å². The van der Waals surface area contributed by atoms with Crippen LogP contribution in [0.25, 0.3) is 21.9 Å². The van der Waals surface area contributed by atoms with E-state index in [0.29, 0.717) is 22.4 Å². The number of para-hydroxylation sites is 1. The highest BCUT2D eigenvalue weighted by Crippen LogP contribution is 2.15. The van der Waals surface area contributed by atoms with Gasteiger partial charge in [0.25, 0.3) is 0 Å². The number of nitrogens with one attached hydrogen (secondary N) is 3. The van der Waals surface area contributed by atoms with Gasteiger partial charge in [-0.25, -0.2) is 10.4 Å². The lowest BCUT2D eigenvalue weighted by Gasteiger charge is -2.05. The topological polar surface area (TPSA) is 94.5 Å². The molecule has 114 valence electrons. The summed E-state index contributed by atoms with van der Waals surface area (Å²) in [5.41, 5.74) is 5.47. The molecule has 0 fully saturated rings. The van der Waals surface area contributed by atoms with E-state index < -0.39 is 0 Å². The third-order valence-corrected chi connectivity index (χ3v) is 3.67. The molecule has 0 unspecified atom stereocenters. The Morgan fingerprint density at radius 2 is 2.22 bits per heavy atom. The summed E-state index contributed by atoms with van der Waals surface area (Å²) in [7, 11) is 0. The number of benzene rings is 1. The Labute approximate surface area is 131 Å². The highest BCUT2D eigenvalue weighted by molar-refractivity contribution is 6.01. The van der Waals surface area contributed by atoms with E-state index in [4.69, 9.17) is 0 Å². The van der Waals surface area contributed by atoms with Gasteiger partial charge in [-0.1, -0.05) is 12.1 Å². The molecule has 0 radical (unpaired) electrons. The minimum Gasteiger partial charge on any atom is -0.353 e. The molecule has 7 nitrogen and oxygen atoms in total. The van der Waals surface area contributed by atoms with Crippen molar-refractivity contribution in [1.82, 2.24) is 20.7 Å². The average Bonchev–Trinajstić information content (AvgIpc) is 3.09. The monoisotopic (exact) mass is 306 g/mol. The SMILES string of the molecule is O=c1c2cccc(/C=N\NC3=NCCN3)c2[nH]c2cccnc12. The normalized spacial score (nSPS) is 14.3. The van der Waals surface area contributed by atoms with Crippen LogP contribution in [0, 0.1) is 0 Å². The first-order valence-corrected chi connectivity index (χ1v) is 7.30. The molecule has 0 spiro atoms. The van der Waals surface area contributed by atoms with Crippen LogP contribution in [-0.4, -0.2) is 35.2 Å². The summed E-state index contributed by atoms with van der Waals surface area (Å²) < 4.78 is 0. The van der Waals surface area contributed by atoms with Crippen molar-refractivity contribution in [1.29, 1.82) is 0 Å². The van der Waals surface area contributed by atoms with Crippen molar-refractivity contribution in [2.75, 3.05) is 13.1 Å². The van der Waals surface area contributed by atoms with Crippen molar-refractivity contribution in [3.05, 3.63) is 52.3 Å². The molecule has 4 rings (SSSR count). The van der Waals surface area contributed by atoms with Gasteiger partial charge in [-0.3, -0.25) is 9.78 Å². The molecular weight excluding hydrogens is 292 g/mol. The maximum atomic E-state index is 12.6. The minimum absolute atomic E-state index is 0.0839. The number of rotatable bonds is 2. The van der Waals surface area contributed by atoms with Gasteiger partial charge < -0.3 is 10.3 Å². The number of hydrogen-bond acceptors (Lipinski definition) is 6. The standard InChI is InChI=1S/C16H14N6O/c23-15-11-4-1-3-10(9-20-22-16-18-7-8-19-16)13(11)21-12-5-2-6-17-14(12)15/h1-6,9H,7-8H2,(H,21,23)(H2,18,19,22)/b20-9-. The van der Waals surface area contributed by atoms with Crippen LogP contribution in [0.2, 0.25) is 0 Å². The van der Waals surface area contributed by atoms with Gasteiger partial charge >= 0.3 is 0 Å². The van der Waals surface area contributed by atoms with Crippen LogP contribution in [-0.2, 0) is 0 Å². The quantitative estimate of drug-likeness (QED) is 0.373. The average molecular weight is 306 g/mol. The first kappa shape index (κ1) is 13.4. The van der Waals surface area contributed by atoms with E-state index in [2.05, 4.69) is 30.8 Å². The first-order chi connectivity index (χ1) is 11.3. The summed E-state index contributed by atoms with van der Waals surface area (Å²) in [5.74, 6) is 0.657. The van der Waals surface area contributed by atoms with E-state index in [0.717, 1.165) is 24.2 Å². The Kier molecular flexibility index (Phi) is 3.23. The third kappa shape index (κ3) is 2.42. The van der Waals surface area contributed by atoms with Crippen LogP contribution in [0.1, 0.15) is 5.56 Å². The molecule has 0 amide bonds. The van der Waals surface area contributed by atoms with E-state index >= 15 is 0 Å². The zero-order chi connectivity index (χ0) is 15.6. The molecule has 7 heteroatoms. The predicted octanol–water partition coefficient (Wildman–Crippen LogP) is 0.959. The van der Waals surface area contributed by atoms with Gasteiger partial charge in [-0.2, -0.15) is 5.10 Å². The van der Waals surface area contributed by atoms with Crippen molar-refractivity contribution in [3.63, 3.8) is 0 Å². The predicted molar refractivity (Wildman–Crippen MR) is 90.9 cm³/mol. The van der Waals surface area contributed by atoms with E-state index in [9.17, 15) is 4.79 Å². The van der Waals surface area contributed by atoms with E-state index in [1.54, 1.807) is 24.5 Å². The molecule has 3 heterocycles. The maximum Gasteiger partial charge on any atom is 0.215 e. The molecule has 0 atom stereocenters. The van der Waals surface area contributed by atoms with Crippen LogP contribution in [0.3, 0.4) is 0 Å². The highest BCUT2D eigenvalue weighted by atomic mass is 16.1. The van der Waals surface area contributed by atoms with Crippen molar-refractivity contribution in [2.45, 2.75) is 0 Å². The minimum atomic E-state index is -0.0839. The molecule has 1 aliphatic heterocycles. The third-order valence-electron chi connectivity index (χ3n) is 3.67. The summed E-state index contributed by atoms with van der Waals surface area (Å²) in [5, 5.41) is 7.84. The fraction of sp³-hybridized carbons (Fsp3) is 0.125. The number of nitrogens with zero attached hydrogens (tertiary/aromatic N) is 3. The van der Waals surface area contributed by atoms with Crippen LogP contribution in [0.5, 0.6) is 0 Å². The Bertz CT molecular complexity index is 1000. The molecule has 0 bridgehead atoms. The fourth-order valence-electron chi connectivity index (χ4n) is 2.59. The summed E-state index contributed by atoms with van der Waals surface area (Å²) in [6.07, 6.45) is 3.29. The number of aromatic nitrogens is 2. The second kappa shape index (κ2) is 5.53. The Hall–Kier alpha value is -3.22. The van der Waals surface area contributed by atoms with Crippen LogP contribution >= 0.6 is 0 Å². The molecule has 23 heavy (non-hydrogen) atoms. The molecule has 3 N–H and O–H groups in total. The smallest absolute Gasteiger partial charge is 0.215 e. The molecule has 1 aromatic carbocycles. The fourth-order valence-corrected chi connectivity index (χ4v) is 2.59.